The van der Waals surface area contributed by atoms with E-state index in [1.807, 2.05) is 0 Å². The first-order valence-electron chi connectivity index (χ1n) is 11.6. The van der Waals surface area contributed by atoms with Crippen LogP contribution in [0.15, 0.2) is 0 Å². The predicted octanol–water partition coefficient (Wildman–Crippen LogP) is 0.324. The largest absolute Gasteiger partial charge is 0.352 e. The van der Waals surface area contributed by atoms with Gasteiger partial charge in [0.15, 0.2) is 5.25 Å². The van der Waals surface area contributed by atoms with E-state index in [-0.39, 0.29) is 37.0 Å². The highest BCUT2D eigenvalue weighted by molar-refractivity contribution is 7.81. The molecule has 0 aromatic heterocycles. The van der Waals surface area contributed by atoms with E-state index in [0.717, 1.165) is 45.6 Å². The maximum atomic E-state index is 12.4. The first-order valence-corrected chi connectivity index (χ1v) is 12.8. The first-order chi connectivity index (χ1) is 17.2. The molecule has 0 radical (unpaired) electrons. The first kappa shape index (κ1) is 32.3. The zero-order valence-electron chi connectivity index (χ0n) is 20.0. The number of ketones is 1. The average Bonchev–Trinajstić information content (AvgIpc) is 3.11. The molecule has 0 bridgehead atoms. The molecule has 37 heavy (non-hydrogen) atoms. The number of amides is 4. The molecule has 1 saturated carbocycles. The summed E-state index contributed by atoms with van der Waals surface area (Å²) >= 11 is -2.39. The van der Waals surface area contributed by atoms with Crippen LogP contribution in [0, 0.1) is 5.92 Å². The van der Waals surface area contributed by atoms with Crippen LogP contribution < -0.4 is 10.6 Å². The summed E-state index contributed by atoms with van der Waals surface area (Å²) in [5.41, 5.74) is 0. The van der Waals surface area contributed by atoms with Gasteiger partial charge in [-0.1, -0.05) is 44.6 Å². The number of Topliss-reactive ketones (excluding diaryl/α,β-unsaturated/α-hetero) is 1. The zero-order valence-corrected chi connectivity index (χ0v) is 20.8. The van der Waals surface area contributed by atoms with Gasteiger partial charge >= 0.3 is 5.97 Å². The molecule has 0 spiro atoms. The molecule has 4 amide bonds. The number of imide groups is 1. The van der Waals surface area contributed by atoms with Crippen molar-refractivity contribution in [3.63, 3.8) is 0 Å². The van der Waals surface area contributed by atoms with Crippen LogP contribution in [0.3, 0.4) is 0 Å². The Morgan fingerprint density at radius 1 is 0.946 bits per heavy atom. The minimum absolute atomic E-state index is 0. The molecule has 2 N–H and O–H groups in total. The van der Waals surface area contributed by atoms with E-state index in [1.54, 1.807) is 0 Å². The third-order valence-electron chi connectivity index (χ3n) is 5.69. The van der Waals surface area contributed by atoms with Gasteiger partial charge in [-0.15, -0.1) is 9.40 Å². The third kappa shape index (κ3) is 11.0. The molecule has 2 aliphatic rings. The van der Waals surface area contributed by atoms with Crippen molar-refractivity contribution in [1.29, 1.82) is 0 Å². The van der Waals surface area contributed by atoms with Gasteiger partial charge in [-0.3, -0.25) is 24.0 Å². The fourth-order valence-electron chi connectivity index (χ4n) is 3.78. The molecule has 14 nitrogen and oxygen atoms in total. The zero-order chi connectivity index (χ0) is 26.5. The van der Waals surface area contributed by atoms with Crippen molar-refractivity contribution in [2.24, 2.45) is 5.92 Å². The molecule has 1 aliphatic carbocycles. The fourth-order valence-corrected chi connectivity index (χ4v) is 4.53. The van der Waals surface area contributed by atoms with Crippen molar-refractivity contribution in [1.82, 2.24) is 15.7 Å². The lowest BCUT2D eigenvalue weighted by Crippen LogP contribution is -2.42. The van der Waals surface area contributed by atoms with Crippen molar-refractivity contribution < 1.29 is 52.1 Å². The maximum absolute atomic E-state index is 12.4. The van der Waals surface area contributed by atoms with E-state index in [0.29, 0.717) is 0 Å². The summed E-state index contributed by atoms with van der Waals surface area (Å²) in [7, 11) is 1.06. The number of carbonyl (C=O) groups is 6. The van der Waals surface area contributed by atoms with Gasteiger partial charge in [0.25, 0.3) is 11.8 Å². The standard InChI is InChI=1S/C21H31N3O11S.CH4/c1-32-34-35-36(31)16-11-19(28)24(21(16)30)33-20(29)13-23-18(27)12-22-17(26)10-9-15(25)14-7-5-3-2-4-6-8-14;/h14,16H,2-13H2,1H3,(H,22,26)(H,23,27);1H4. The van der Waals surface area contributed by atoms with Gasteiger partial charge in [-0.05, 0) is 12.8 Å². The molecule has 2 rings (SSSR count). The molecular formula is C22H35N3O11S. The van der Waals surface area contributed by atoms with Gasteiger partial charge in [-0.2, -0.15) is 0 Å². The highest BCUT2D eigenvalue weighted by Gasteiger charge is 2.46. The predicted molar refractivity (Wildman–Crippen MR) is 126 cm³/mol. The van der Waals surface area contributed by atoms with Gasteiger partial charge in [0.2, 0.25) is 22.9 Å². The van der Waals surface area contributed by atoms with E-state index in [2.05, 4.69) is 29.7 Å². The normalized spacial score (nSPS) is 19.3. The Kier molecular flexibility index (Phi) is 14.7. The number of nitrogens with zero attached hydrogens (tertiary/aromatic N) is 1. The number of rotatable bonds is 13. The lowest BCUT2D eigenvalue weighted by molar-refractivity contribution is -0.450. The van der Waals surface area contributed by atoms with Crippen LogP contribution in [-0.2, 0) is 58.9 Å². The van der Waals surface area contributed by atoms with E-state index >= 15 is 0 Å². The van der Waals surface area contributed by atoms with Crippen LogP contribution in [0.5, 0.6) is 0 Å². The van der Waals surface area contributed by atoms with Crippen LogP contribution in [-0.4, -0.2) is 70.1 Å². The van der Waals surface area contributed by atoms with Crippen LogP contribution >= 0.6 is 0 Å². The van der Waals surface area contributed by atoms with Crippen LogP contribution in [0.2, 0.25) is 0 Å². The van der Waals surface area contributed by atoms with Gasteiger partial charge in [0.05, 0.1) is 20.1 Å². The smallest absolute Gasteiger partial charge is 0.347 e. The molecule has 2 fully saturated rings. The lowest BCUT2D eigenvalue weighted by Gasteiger charge is -2.18. The molecule has 1 saturated heterocycles. The quantitative estimate of drug-likeness (QED) is 0.183. The molecule has 210 valence electrons. The summed E-state index contributed by atoms with van der Waals surface area (Å²) in [6.45, 7) is -1.15. The fraction of sp³-hybridized carbons (Fsp3) is 0.727. The summed E-state index contributed by atoms with van der Waals surface area (Å²) in [6, 6.07) is 0. The van der Waals surface area contributed by atoms with Crippen LogP contribution in [0.25, 0.3) is 0 Å². The number of hydrogen-bond acceptors (Lipinski definition) is 11. The molecule has 0 aromatic rings. The van der Waals surface area contributed by atoms with Crippen molar-refractivity contribution >= 4 is 46.5 Å². The van der Waals surface area contributed by atoms with Crippen LogP contribution in [0.4, 0.5) is 0 Å². The van der Waals surface area contributed by atoms with Gasteiger partial charge in [-0.25, -0.2) is 13.9 Å². The minimum atomic E-state index is -2.39. The van der Waals surface area contributed by atoms with Crippen LogP contribution in [0.1, 0.15) is 71.6 Å². The number of nitrogens with one attached hydrogen (secondary N) is 2. The Hall–Kier alpha value is -2.75. The van der Waals surface area contributed by atoms with Crippen molar-refractivity contribution in [2.75, 3.05) is 20.2 Å². The van der Waals surface area contributed by atoms with E-state index < -0.39 is 65.4 Å². The molecule has 15 heteroatoms. The summed E-state index contributed by atoms with van der Waals surface area (Å²) in [5, 5.41) is 7.18. The number of hydrogen-bond donors (Lipinski definition) is 2. The van der Waals surface area contributed by atoms with E-state index in [4.69, 9.17) is 0 Å². The van der Waals surface area contributed by atoms with E-state index in [9.17, 15) is 33.0 Å². The van der Waals surface area contributed by atoms with Gasteiger partial charge < -0.3 is 15.5 Å². The maximum Gasteiger partial charge on any atom is 0.352 e. The molecule has 2 atom stereocenters. The summed E-state index contributed by atoms with van der Waals surface area (Å²) in [6.07, 6.45) is 6.68. The number of carbonyl (C=O) groups excluding carboxylic acids is 6. The third-order valence-corrected chi connectivity index (χ3v) is 6.71. The Bertz CT molecular complexity index is 859. The Labute approximate surface area is 217 Å². The van der Waals surface area contributed by atoms with Crippen molar-refractivity contribution in [3.8, 4) is 0 Å². The average molecular weight is 550 g/mol. The van der Waals surface area contributed by atoms with E-state index in [1.165, 1.54) is 6.42 Å². The van der Waals surface area contributed by atoms with Gasteiger partial charge in [0.1, 0.15) is 12.3 Å². The summed E-state index contributed by atoms with van der Waals surface area (Å²) < 4.78 is 16.0. The highest BCUT2D eigenvalue weighted by Crippen LogP contribution is 2.24. The minimum Gasteiger partial charge on any atom is -0.347 e. The molecule has 1 aliphatic heterocycles. The second-order valence-electron chi connectivity index (χ2n) is 8.31. The molecule has 1 heterocycles. The topological polar surface area (TPSA) is 184 Å². The lowest BCUT2D eigenvalue weighted by atomic mass is 9.86. The SMILES string of the molecule is C.COOOS(=O)C1CC(=O)N(OC(=O)CNC(=O)CNC(=O)CCC(=O)C2CCCCCCC2)C1=O. The molecule has 0 aromatic carbocycles. The molecule has 2 unspecified atom stereocenters. The van der Waals surface area contributed by atoms with Crippen molar-refractivity contribution in [2.45, 2.75) is 76.9 Å². The highest BCUT2D eigenvalue weighted by atomic mass is 32.2. The summed E-state index contributed by atoms with van der Waals surface area (Å²) in [4.78, 5) is 80.8. The monoisotopic (exact) mass is 549 g/mol. The Morgan fingerprint density at radius 2 is 1.57 bits per heavy atom. The molecular weight excluding hydrogens is 514 g/mol. The number of hydroxylamine groups is 2. The Morgan fingerprint density at radius 3 is 2.22 bits per heavy atom. The second kappa shape index (κ2) is 16.9. The summed E-state index contributed by atoms with van der Waals surface area (Å²) in [5.74, 6) is -4.34. The van der Waals surface area contributed by atoms with Gasteiger partial charge in [0, 0.05) is 18.8 Å². The Balaban J connectivity index is 0.00000684. The second-order valence-corrected chi connectivity index (χ2v) is 9.53. The van der Waals surface area contributed by atoms with Crippen molar-refractivity contribution in [3.05, 3.63) is 0 Å².